The Balaban J connectivity index is 1.88. The number of hydrogen-bond acceptors (Lipinski definition) is 2. The summed E-state index contributed by atoms with van der Waals surface area (Å²) in [6.45, 7) is 3.54. The van der Waals surface area contributed by atoms with Crippen LogP contribution in [0.1, 0.15) is 52.4 Å². The molecule has 1 fully saturated rings. The van der Waals surface area contributed by atoms with Crippen LogP contribution in [0.25, 0.3) is 0 Å². The highest BCUT2D eigenvalue weighted by Gasteiger charge is 2.78. The van der Waals surface area contributed by atoms with Gasteiger partial charge >= 0.3 is 12.1 Å². The van der Waals surface area contributed by atoms with E-state index in [1.807, 2.05) is 6.92 Å². The monoisotopic (exact) mass is 416 g/mol. The van der Waals surface area contributed by atoms with E-state index < -0.39 is 35.5 Å². The number of rotatable bonds is 2. The number of hydrogen-bond donors (Lipinski definition) is 1. The summed E-state index contributed by atoms with van der Waals surface area (Å²) in [5.74, 6) is -5.82. The molecule has 0 heterocycles. The second kappa shape index (κ2) is 6.25. The molecular weight excluding hydrogens is 391 g/mol. The predicted molar refractivity (Wildman–Crippen MR) is 97.2 cm³/mol. The zero-order valence-electron chi connectivity index (χ0n) is 16.5. The minimum atomic E-state index is -5.82. The molecule has 4 rings (SSSR count). The molecule has 0 aromatic heterocycles. The zero-order chi connectivity index (χ0) is 21.4. The van der Waals surface area contributed by atoms with Gasteiger partial charge in [-0.15, -0.1) is 0 Å². The van der Waals surface area contributed by atoms with Crippen LogP contribution in [0.2, 0.25) is 0 Å². The SMILES string of the molecule is CCC12C=CC3=C4CCC(=O)C=C4CC(C)[C@H]3[C@@H]1CCC2(O)C(F)(F)C(F)(F)F. The first-order chi connectivity index (χ1) is 13.4. The van der Waals surface area contributed by atoms with E-state index in [1.54, 1.807) is 19.1 Å². The number of alkyl halides is 5. The molecule has 7 heteroatoms. The van der Waals surface area contributed by atoms with Crippen LogP contribution in [0.3, 0.4) is 0 Å². The number of carbonyl (C=O) groups is 1. The van der Waals surface area contributed by atoms with E-state index in [0.717, 1.165) is 16.7 Å². The summed E-state index contributed by atoms with van der Waals surface area (Å²) in [5.41, 5.74) is -1.85. The molecule has 0 amide bonds. The molecule has 4 aliphatic carbocycles. The van der Waals surface area contributed by atoms with Crippen LogP contribution in [-0.2, 0) is 4.79 Å². The fourth-order valence-electron chi connectivity index (χ4n) is 6.60. The predicted octanol–water partition coefficient (Wildman–Crippen LogP) is 5.53. The van der Waals surface area contributed by atoms with Crippen LogP contribution in [-0.4, -0.2) is 28.6 Å². The molecular formula is C22H25F5O2. The van der Waals surface area contributed by atoms with Crippen molar-refractivity contribution in [3.05, 3.63) is 34.9 Å². The maximum Gasteiger partial charge on any atom is 0.456 e. The van der Waals surface area contributed by atoms with Crippen molar-refractivity contribution >= 4 is 5.78 Å². The third kappa shape index (κ3) is 2.52. The first kappa shape index (κ1) is 20.8. The van der Waals surface area contributed by atoms with E-state index in [9.17, 15) is 31.9 Å². The summed E-state index contributed by atoms with van der Waals surface area (Å²) in [7, 11) is 0. The van der Waals surface area contributed by atoms with Gasteiger partial charge < -0.3 is 5.11 Å². The van der Waals surface area contributed by atoms with E-state index >= 15 is 0 Å². The van der Waals surface area contributed by atoms with Gasteiger partial charge in [0.2, 0.25) is 0 Å². The van der Waals surface area contributed by atoms with Crippen molar-refractivity contribution < 1.29 is 31.9 Å². The largest absolute Gasteiger partial charge is 0.456 e. The Morgan fingerprint density at radius 2 is 1.90 bits per heavy atom. The quantitative estimate of drug-likeness (QED) is 0.601. The third-order valence-electron chi connectivity index (χ3n) is 7.91. The fourth-order valence-corrected chi connectivity index (χ4v) is 6.60. The van der Waals surface area contributed by atoms with E-state index in [0.29, 0.717) is 19.3 Å². The number of halogens is 5. The summed E-state index contributed by atoms with van der Waals surface area (Å²) >= 11 is 0. The fraction of sp³-hybridized carbons (Fsp3) is 0.682. The molecule has 0 bridgehead atoms. The summed E-state index contributed by atoms with van der Waals surface area (Å²) in [5, 5.41) is 11.0. The van der Waals surface area contributed by atoms with Gasteiger partial charge in [0.15, 0.2) is 5.78 Å². The lowest BCUT2D eigenvalue weighted by atomic mass is 9.53. The average molecular weight is 416 g/mol. The van der Waals surface area contributed by atoms with E-state index in [-0.39, 0.29) is 30.5 Å². The van der Waals surface area contributed by atoms with Gasteiger partial charge in [-0.1, -0.05) is 26.0 Å². The molecule has 160 valence electrons. The first-order valence-electron chi connectivity index (χ1n) is 10.2. The summed E-state index contributed by atoms with van der Waals surface area (Å²) in [6, 6.07) is 0. The molecule has 3 unspecified atom stereocenters. The van der Waals surface area contributed by atoms with Gasteiger partial charge in [-0.3, -0.25) is 4.79 Å². The summed E-state index contributed by atoms with van der Waals surface area (Å²) in [4.78, 5) is 11.8. The molecule has 0 saturated heterocycles. The van der Waals surface area contributed by atoms with Gasteiger partial charge in [-0.25, -0.2) is 0 Å². The van der Waals surface area contributed by atoms with Crippen LogP contribution in [0, 0.1) is 23.2 Å². The smallest absolute Gasteiger partial charge is 0.382 e. The lowest BCUT2D eigenvalue weighted by molar-refractivity contribution is -0.358. The van der Waals surface area contributed by atoms with Gasteiger partial charge in [0.05, 0.1) is 0 Å². The Labute approximate surface area is 166 Å². The van der Waals surface area contributed by atoms with E-state index in [1.165, 1.54) is 6.08 Å². The molecule has 2 nitrogen and oxygen atoms in total. The third-order valence-corrected chi connectivity index (χ3v) is 7.91. The molecule has 0 aromatic rings. The molecule has 0 aromatic carbocycles. The van der Waals surface area contributed by atoms with Gasteiger partial charge in [0, 0.05) is 11.8 Å². The first-order valence-corrected chi connectivity index (χ1v) is 10.2. The number of fused-ring (bicyclic) bond motifs is 4. The number of carbonyl (C=O) groups excluding carboxylic acids is 1. The van der Waals surface area contributed by atoms with Crippen molar-refractivity contribution in [2.45, 2.75) is 70.1 Å². The molecule has 0 spiro atoms. The van der Waals surface area contributed by atoms with Crippen molar-refractivity contribution in [1.82, 2.24) is 0 Å². The molecule has 0 radical (unpaired) electrons. The minimum Gasteiger partial charge on any atom is -0.382 e. The number of allylic oxidation sites excluding steroid dienone is 5. The van der Waals surface area contributed by atoms with Crippen LogP contribution >= 0.6 is 0 Å². The lowest BCUT2D eigenvalue weighted by Gasteiger charge is -2.53. The highest BCUT2D eigenvalue weighted by molar-refractivity contribution is 5.93. The van der Waals surface area contributed by atoms with E-state index in [4.69, 9.17) is 0 Å². The van der Waals surface area contributed by atoms with Gasteiger partial charge in [-0.05, 0) is 72.7 Å². The van der Waals surface area contributed by atoms with Crippen molar-refractivity contribution in [3.63, 3.8) is 0 Å². The summed E-state index contributed by atoms with van der Waals surface area (Å²) in [6.07, 6.45) is 0.0208. The van der Waals surface area contributed by atoms with Crippen molar-refractivity contribution in [2.24, 2.45) is 23.2 Å². The van der Waals surface area contributed by atoms with Crippen LogP contribution in [0.15, 0.2) is 34.9 Å². The molecule has 1 saturated carbocycles. The Kier molecular flexibility index (Phi) is 4.48. The van der Waals surface area contributed by atoms with E-state index in [2.05, 4.69) is 0 Å². The standard InChI is InChI=1S/C22H25F5O2/c1-3-19-8-6-16-15-5-4-14(28)11-13(15)10-12(2)18(16)17(19)7-9-20(19,29)21(23,24)22(25,26)27/h6,8,11-12,17-18,29H,3-5,7,9-10H2,1-2H3/t12?,17-,18+,19?,20?/m0/s1. The summed E-state index contributed by atoms with van der Waals surface area (Å²) < 4.78 is 69.0. The van der Waals surface area contributed by atoms with Gasteiger partial charge in [-0.2, -0.15) is 22.0 Å². The highest BCUT2D eigenvalue weighted by Crippen LogP contribution is 2.68. The lowest BCUT2D eigenvalue weighted by Crippen LogP contribution is -2.64. The molecule has 5 atom stereocenters. The Hall–Kier alpha value is -1.50. The second-order valence-electron chi connectivity index (χ2n) is 9.08. The van der Waals surface area contributed by atoms with Crippen LogP contribution in [0.5, 0.6) is 0 Å². The van der Waals surface area contributed by atoms with Crippen molar-refractivity contribution in [1.29, 1.82) is 0 Å². The Morgan fingerprint density at radius 1 is 1.21 bits per heavy atom. The normalized spacial score (nSPS) is 39.8. The maximum absolute atomic E-state index is 14.6. The van der Waals surface area contributed by atoms with Gasteiger partial charge in [0.25, 0.3) is 0 Å². The van der Waals surface area contributed by atoms with Crippen molar-refractivity contribution in [2.75, 3.05) is 0 Å². The molecule has 1 N–H and O–H groups in total. The minimum absolute atomic E-state index is 0.00333. The van der Waals surface area contributed by atoms with Gasteiger partial charge in [0.1, 0.15) is 5.60 Å². The zero-order valence-corrected chi connectivity index (χ0v) is 16.5. The Morgan fingerprint density at radius 3 is 2.52 bits per heavy atom. The molecule has 29 heavy (non-hydrogen) atoms. The van der Waals surface area contributed by atoms with Crippen LogP contribution in [0.4, 0.5) is 22.0 Å². The molecule has 0 aliphatic heterocycles. The topological polar surface area (TPSA) is 37.3 Å². The Bertz CT molecular complexity index is 837. The molecule has 4 aliphatic rings. The second-order valence-corrected chi connectivity index (χ2v) is 9.08. The maximum atomic E-state index is 14.6. The highest BCUT2D eigenvalue weighted by atomic mass is 19.4. The number of ketones is 1. The van der Waals surface area contributed by atoms with Crippen molar-refractivity contribution in [3.8, 4) is 0 Å². The van der Waals surface area contributed by atoms with Crippen LogP contribution < -0.4 is 0 Å². The number of aliphatic hydroxyl groups is 1. The average Bonchev–Trinajstić information content (AvgIpc) is 2.95.